The number of nitrogens with one attached hydrogen (secondary N) is 1. The van der Waals surface area contributed by atoms with Gasteiger partial charge in [0.2, 0.25) is 5.13 Å². The second kappa shape index (κ2) is 7.67. The molecule has 11 heteroatoms. The predicted molar refractivity (Wildman–Crippen MR) is 91.8 cm³/mol. The average molecular weight is 420 g/mol. The number of benzene rings is 2. The summed E-state index contributed by atoms with van der Waals surface area (Å²) in [4.78, 5) is 0. The Morgan fingerprint density at radius 2 is 1.93 bits per heavy atom. The number of rotatable bonds is 5. The minimum absolute atomic E-state index is 0.0775. The van der Waals surface area contributed by atoms with Crippen LogP contribution in [0.25, 0.3) is 0 Å². The highest BCUT2D eigenvalue weighted by Gasteiger charge is 2.31. The van der Waals surface area contributed by atoms with E-state index in [1.807, 2.05) is 0 Å². The van der Waals surface area contributed by atoms with E-state index in [4.69, 9.17) is 11.6 Å². The molecule has 0 radical (unpaired) electrons. The topological polar surface area (TPSA) is 67.3 Å². The highest BCUT2D eigenvalue weighted by atomic mass is 35.5. The van der Waals surface area contributed by atoms with Crippen molar-refractivity contribution < 1.29 is 27.4 Å². The Labute approximate surface area is 159 Å². The molecule has 3 aromatic rings. The van der Waals surface area contributed by atoms with Crippen molar-refractivity contribution >= 4 is 33.8 Å². The lowest BCUT2D eigenvalue weighted by atomic mass is 10.1. The molecule has 1 unspecified atom stereocenters. The van der Waals surface area contributed by atoms with Gasteiger partial charge in [0.05, 0.1) is 5.02 Å². The smallest absolute Gasteiger partial charge is 0.406 e. The summed E-state index contributed by atoms with van der Waals surface area (Å²) in [5.41, 5.74) is 0.614. The van der Waals surface area contributed by atoms with Crippen LogP contribution in [0, 0.1) is 5.82 Å². The van der Waals surface area contributed by atoms with E-state index in [1.54, 1.807) is 0 Å². The number of halogens is 5. The summed E-state index contributed by atoms with van der Waals surface area (Å²) in [7, 11) is 0. The van der Waals surface area contributed by atoms with Crippen LogP contribution in [-0.4, -0.2) is 21.7 Å². The molecule has 0 aliphatic rings. The van der Waals surface area contributed by atoms with Gasteiger partial charge in [-0.25, -0.2) is 4.39 Å². The zero-order valence-corrected chi connectivity index (χ0v) is 14.7. The molecular weight excluding hydrogens is 410 g/mol. The first-order valence-electron chi connectivity index (χ1n) is 7.30. The van der Waals surface area contributed by atoms with Crippen molar-refractivity contribution in [2.75, 3.05) is 5.32 Å². The molecule has 1 heterocycles. The van der Waals surface area contributed by atoms with E-state index in [1.165, 1.54) is 30.3 Å². The Hall–Kier alpha value is -2.43. The van der Waals surface area contributed by atoms with Crippen LogP contribution < -0.4 is 10.1 Å². The fourth-order valence-corrected chi connectivity index (χ4v) is 3.08. The van der Waals surface area contributed by atoms with Crippen LogP contribution >= 0.6 is 22.9 Å². The van der Waals surface area contributed by atoms with E-state index >= 15 is 0 Å². The summed E-state index contributed by atoms with van der Waals surface area (Å²) < 4.78 is 54.0. The van der Waals surface area contributed by atoms with E-state index in [0.717, 1.165) is 23.5 Å². The monoisotopic (exact) mass is 419 g/mol. The van der Waals surface area contributed by atoms with Gasteiger partial charge in [0.15, 0.2) is 5.01 Å². The van der Waals surface area contributed by atoms with Crippen LogP contribution in [0.3, 0.4) is 0 Å². The van der Waals surface area contributed by atoms with Crippen molar-refractivity contribution in [1.29, 1.82) is 0 Å². The van der Waals surface area contributed by atoms with Gasteiger partial charge >= 0.3 is 6.36 Å². The summed E-state index contributed by atoms with van der Waals surface area (Å²) in [6, 6.07) is 8.90. The molecule has 3 rings (SSSR count). The van der Waals surface area contributed by atoms with Gasteiger partial charge in [-0.05, 0) is 35.9 Å². The van der Waals surface area contributed by atoms with Gasteiger partial charge in [0.25, 0.3) is 0 Å². The van der Waals surface area contributed by atoms with Crippen LogP contribution in [0.5, 0.6) is 5.75 Å². The van der Waals surface area contributed by atoms with Gasteiger partial charge in [-0.1, -0.05) is 35.1 Å². The number of aromatic nitrogens is 2. The maximum Gasteiger partial charge on any atom is 0.573 e. The molecule has 0 amide bonds. The first-order chi connectivity index (χ1) is 12.7. The number of nitrogens with zero attached hydrogens (tertiary/aromatic N) is 2. The number of alkyl halides is 3. The van der Waals surface area contributed by atoms with Crippen molar-refractivity contribution in [3.05, 3.63) is 63.9 Å². The lowest BCUT2D eigenvalue weighted by molar-refractivity contribution is -0.274. The molecule has 5 nitrogen and oxygen atoms in total. The maximum atomic E-state index is 13.2. The molecule has 142 valence electrons. The molecule has 1 aromatic heterocycles. The molecule has 1 atom stereocenters. The average Bonchev–Trinajstić information content (AvgIpc) is 3.05. The van der Waals surface area contributed by atoms with Gasteiger partial charge in [0.1, 0.15) is 17.7 Å². The van der Waals surface area contributed by atoms with Crippen molar-refractivity contribution in [1.82, 2.24) is 10.2 Å². The Bertz CT molecular complexity index is 951. The van der Waals surface area contributed by atoms with Crippen molar-refractivity contribution in [3.8, 4) is 5.75 Å². The molecule has 0 saturated carbocycles. The second-order valence-corrected chi connectivity index (χ2v) is 6.64. The number of ether oxygens (including phenoxy) is 1. The zero-order chi connectivity index (χ0) is 19.6. The molecule has 2 N–H and O–H groups in total. The number of anilines is 2. The molecule has 0 fully saturated rings. The summed E-state index contributed by atoms with van der Waals surface area (Å²) >= 11 is 6.67. The highest BCUT2D eigenvalue weighted by molar-refractivity contribution is 7.15. The summed E-state index contributed by atoms with van der Waals surface area (Å²) in [6.45, 7) is 0. The van der Waals surface area contributed by atoms with Crippen LogP contribution in [0.2, 0.25) is 5.02 Å². The number of hydrogen-bond donors (Lipinski definition) is 2. The molecule has 0 bridgehead atoms. The third kappa shape index (κ3) is 5.06. The Morgan fingerprint density at radius 3 is 2.63 bits per heavy atom. The molecule has 0 saturated heterocycles. The Balaban J connectivity index is 1.75. The molecule has 0 aliphatic heterocycles. The molecular formula is C16H10ClF4N3O2S. The van der Waals surface area contributed by atoms with Crippen molar-refractivity contribution in [3.63, 3.8) is 0 Å². The minimum Gasteiger partial charge on any atom is -0.406 e. The highest BCUT2D eigenvalue weighted by Crippen LogP contribution is 2.32. The Kier molecular flexibility index (Phi) is 5.49. The Morgan fingerprint density at radius 1 is 1.15 bits per heavy atom. The predicted octanol–water partition coefficient (Wildman–Crippen LogP) is 5.05. The standard InChI is InChI=1S/C16H10ClF4N3O2S/c17-11-7-9(4-5-12(11)18)22-15-24-23-14(27-15)13(25)8-2-1-3-10(6-8)26-16(19,20)21/h1-7,13,25H,(H,22,24). The van der Waals surface area contributed by atoms with E-state index in [9.17, 15) is 22.7 Å². The lowest BCUT2D eigenvalue weighted by Gasteiger charge is -2.12. The normalized spacial score (nSPS) is 12.7. The van der Waals surface area contributed by atoms with Crippen LogP contribution in [-0.2, 0) is 0 Å². The second-order valence-electron chi connectivity index (χ2n) is 5.22. The molecule has 27 heavy (non-hydrogen) atoms. The third-order valence-electron chi connectivity index (χ3n) is 3.25. The first kappa shape index (κ1) is 19.3. The zero-order valence-electron chi connectivity index (χ0n) is 13.2. The summed E-state index contributed by atoms with van der Waals surface area (Å²) in [5.74, 6) is -1.03. The molecule has 0 aliphatic carbocycles. The van der Waals surface area contributed by atoms with Crippen LogP contribution in [0.15, 0.2) is 42.5 Å². The van der Waals surface area contributed by atoms with Gasteiger partial charge < -0.3 is 15.2 Å². The number of aliphatic hydroxyl groups is 1. The quantitative estimate of drug-likeness (QED) is 0.566. The van der Waals surface area contributed by atoms with Crippen molar-refractivity contribution in [2.24, 2.45) is 0 Å². The maximum absolute atomic E-state index is 13.2. The first-order valence-corrected chi connectivity index (χ1v) is 8.50. The largest absolute Gasteiger partial charge is 0.573 e. The molecule has 0 spiro atoms. The van der Waals surface area contributed by atoms with E-state index in [-0.39, 0.29) is 20.7 Å². The van der Waals surface area contributed by atoms with E-state index in [0.29, 0.717) is 5.69 Å². The van der Waals surface area contributed by atoms with E-state index in [2.05, 4.69) is 20.3 Å². The van der Waals surface area contributed by atoms with Crippen LogP contribution in [0.1, 0.15) is 16.7 Å². The van der Waals surface area contributed by atoms with Crippen LogP contribution in [0.4, 0.5) is 28.4 Å². The van der Waals surface area contributed by atoms with Crippen molar-refractivity contribution in [2.45, 2.75) is 12.5 Å². The van der Waals surface area contributed by atoms with Gasteiger partial charge in [-0.3, -0.25) is 0 Å². The molecule has 2 aromatic carbocycles. The summed E-state index contributed by atoms with van der Waals surface area (Å²) in [5, 5.41) is 21.2. The fraction of sp³-hybridized carbons (Fsp3) is 0.125. The SMILES string of the molecule is OC(c1cccc(OC(F)(F)F)c1)c1nnc(Nc2ccc(F)c(Cl)c2)s1. The number of aliphatic hydroxyl groups excluding tert-OH is 1. The summed E-state index contributed by atoms with van der Waals surface area (Å²) in [6.07, 6.45) is -6.13. The lowest BCUT2D eigenvalue weighted by Crippen LogP contribution is -2.17. The minimum atomic E-state index is -4.83. The van der Waals surface area contributed by atoms with E-state index < -0.39 is 24.0 Å². The van der Waals surface area contributed by atoms with Gasteiger partial charge in [0, 0.05) is 5.69 Å². The fourth-order valence-electron chi connectivity index (χ4n) is 2.12. The van der Waals surface area contributed by atoms with Gasteiger partial charge in [-0.2, -0.15) is 0 Å². The van der Waals surface area contributed by atoms with Gasteiger partial charge in [-0.15, -0.1) is 23.4 Å². The number of hydrogen-bond acceptors (Lipinski definition) is 6. The third-order valence-corrected chi connectivity index (χ3v) is 4.43.